The van der Waals surface area contributed by atoms with Crippen molar-refractivity contribution in [3.05, 3.63) is 92.9 Å². The van der Waals surface area contributed by atoms with Crippen molar-refractivity contribution in [3.8, 4) is 0 Å². The molecule has 0 aliphatic carbocycles. The topological polar surface area (TPSA) is 112 Å². The Morgan fingerprint density at radius 2 is 1.71 bits per heavy atom. The maximum atomic E-state index is 12.6. The van der Waals surface area contributed by atoms with Gasteiger partial charge in [0.15, 0.2) is 0 Å². The average Bonchev–Trinajstić information content (AvgIpc) is 3.06. The number of H-pyrrole nitrogens is 2. The minimum atomic E-state index is -1.04. The lowest BCUT2D eigenvalue weighted by Gasteiger charge is -2.16. The highest BCUT2D eigenvalue weighted by atomic mass is 16.5. The fourth-order valence-corrected chi connectivity index (χ4v) is 3.21. The molecule has 1 aromatic heterocycles. The molecule has 3 N–H and O–H groups in total. The van der Waals surface area contributed by atoms with Gasteiger partial charge in [-0.3, -0.25) is 14.7 Å². The Morgan fingerprint density at radius 1 is 1.04 bits per heavy atom. The zero-order chi connectivity index (χ0) is 20.1. The summed E-state index contributed by atoms with van der Waals surface area (Å²) in [6.07, 6.45) is 0.450. The van der Waals surface area contributed by atoms with E-state index in [2.05, 4.69) is 10.2 Å². The van der Waals surface area contributed by atoms with E-state index in [0.29, 0.717) is 23.2 Å². The maximum absolute atomic E-state index is 12.6. The molecule has 0 unspecified atom stereocenters. The van der Waals surface area contributed by atoms with Crippen molar-refractivity contribution in [3.63, 3.8) is 0 Å². The van der Waals surface area contributed by atoms with Crippen LogP contribution in [0.1, 0.15) is 45.1 Å². The van der Waals surface area contributed by atoms with E-state index >= 15 is 0 Å². The summed E-state index contributed by atoms with van der Waals surface area (Å²) in [5.74, 6) is -2.07. The molecular weight excluding hydrogens is 360 g/mol. The lowest BCUT2D eigenvalue weighted by molar-refractivity contribution is -0.140. The summed E-state index contributed by atoms with van der Waals surface area (Å²) in [7, 11) is 1.29. The summed E-state index contributed by atoms with van der Waals surface area (Å²) in [4.78, 5) is 35.7. The van der Waals surface area contributed by atoms with E-state index in [4.69, 9.17) is 9.84 Å². The molecule has 0 radical (unpaired) electrons. The van der Waals surface area contributed by atoms with Crippen molar-refractivity contribution in [2.45, 2.75) is 18.8 Å². The van der Waals surface area contributed by atoms with Gasteiger partial charge in [0, 0.05) is 23.6 Å². The van der Waals surface area contributed by atoms with Gasteiger partial charge in [0.05, 0.1) is 19.1 Å². The highest BCUT2D eigenvalue weighted by Crippen LogP contribution is 2.29. The molecule has 0 saturated heterocycles. The number of hydrogen-bond donors (Lipinski definition) is 3. The predicted octanol–water partition coefficient (Wildman–Crippen LogP) is 2.69. The van der Waals surface area contributed by atoms with E-state index < -0.39 is 17.9 Å². The maximum Gasteiger partial charge on any atom is 0.335 e. The van der Waals surface area contributed by atoms with Crippen LogP contribution in [0.2, 0.25) is 0 Å². The van der Waals surface area contributed by atoms with Crippen molar-refractivity contribution in [2.24, 2.45) is 0 Å². The number of esters is 1. The number of aromatic nitrogens is 2. The van der Waals surface area contributed by atoms with Crippen LogP contribution in [0.15, 0.2) is 59.4 Å². The van der Waals surface area contributed by atoms with Crippen LogP contribution in [0.5, 0.6) is 0 Å². The van der Waals surface area contributed by atoms with Crippen LogP contribution in [-0.2, 0) is 16.0 Å². The van der Waals surface area contributed by atoms with Crippen LogP contribution >= 0.6 is 0 Å². The van der Waals surface area contributed by atoms with Crippen molar-refractivity contribution in [1.29, 1.82) is 0 Å². The van der Waals surface area contributed by atoms with Gasteiger partial charge in [-0.2, -0.15) is 0 Å². The van der Waals surface area contributed by atoms with Crippen LogP contribution in [-0.4, -0.2) is 34.4 Å². The zero-order valence-corrected chi connectivity index (χ0v) is 15.3. The summed E-state index contributed by atoms with van der Waals surface area (Å²) in [6.45, 7) is 0. The quantitative estimate of drug-likeness (QED) is 0.546. The number of ether oxygens (including phenoxy) is 1. The third kappa shape index (κ3) is 4.20. The first-order chi connectivity index (χ1) is 13.5. The minimum absolute atomic E-state index is 0.0361. The van der Waals surface area contributed by atoms with Gasteiger partial charge in [0.25, 0.3) is 5.56 Å². The molecule has 0 spiro atoms. The Labute approximate surface area is 161 Å². The van der Waals surface area contributed by atoms with Gasteiger partial charge < -0.3 is 14.9 Å². The fraction of sp³-hybridized carbons (Fsp3) is 0.190. The number of carboxylic acid groups (broad SMARTS) is 1. The molecule has 7 nitrogen and oxygen atoms in total. The Balaban J connectivity index is 2.03. The monoisotopic (exact) mass is 380 g/mol. The number of hydrogen-bond acceptors (Lipinski definition) is 4. The average molecular weight is 380 g/mol. The summed E-state index contributed by atoms with van der Waals surface area (Å²) in [5, 5.41) is 14.6. The van der Waals surface area contributed by atoms with Crippen LogP contribution in [0.4, 0.5) is 0 Å². The molecule has 0 aliphatic rings. The first-order valence-electron chi connectivity index (χ1n) is 8.73. The van der Waals surface area contributed by atoms with E-state index in [9.17, 15) is 14.4 Å². The Bertz CT molecular complexity index is 1020. The molecule has 7 heteroatoms. The van der Waals surface area contributed by atoms with Crippen LogP contribution in [0, 0.1) is 0 Å². The standard InChI is InChI=1S/C21H20N2O5/c1-28-18(24)12-16(14-7-9-15(10-8-14)21(26)27)19-17(22-23-20(19)25)11-13-5-3-2-4-6-13/h2-10,16H,11-12H2,1H3,(H,26,27)(H2,22,23,25)/t16-/m1/s1. The third-order valence-electron chi connectivity index (χ3n) is 4.63. The largest absolute Gasteiger partial charge is 0.478 e. The number of aromatic amines is 2. The van der Waals surface area contributed by atoms with Gasteiger partial charge in [-0.25, -0.2) is 4.79 Å². The lowest BCUT2D eigenvalue weighted by Crippen LogP contribution is -2.18. The molecule has 0 saturated carbocycles. The fourth-order valence-electron chi connectivity index (χ4n) is 3.21. The van der Waals surface area contributed by atoms with Gasteiger partial charge >= 0.3 is 11.9 Å². The smallest absolute Gasteiger partial charge is 0.335 e. The molecule has 0 bridgehead atoms. The molecule has 0 aliphatic heterocycles. The van der Waals surface area contributed by atoms with Gasteiger partial charge in [-0.05, 0) is 23.3 Å². The van der Waals surface area contributed by atoms with E-state index in [1.165, 1.54) is 19.2 Å². The van der Waals surface area contributed by atoms with E-state index in [-0.39, 0.29) is 17.5 Å². The van der Waals surface area contributed by atoms with E-state index in [1.807, 2.05) is 30.3 Å². The Morgan fingerprint density at radius 3 is 2.32 bits per heavy atom. The number of nitrogens with one attached hydrogen (secondary N) is 2. The van der Waals surface area contributed by atoms with Crippen molar-refractivity contribution in [2.75, 3.05) is 7.11 Å². The normalized spacial score (nSPS) is 11.8. The number of methoxy groups -OCH3 is 1. The number of rotatable bonds is 7. The molecule has 1 atom stereocenters. The summed E-state index contributed by atoms with van der Waals surface area (Å²) < 4.78 is 4.80. The summed E-state index contributed by atoms with van der Waals surface area (Å²) in [5.41, 5.74) is 2.60. The number of aromatic carboxylic acids is 1. The first kappa shape index (κ1) is 19.2. The number of carbonyl (C=O) groups is 2. The molecule has 0 amide bonds. The van der Waals surface area contributed by atoms with Crippen molar-refractivity contribution >= 4 is 11.9 Å². The Hall–Kier alpha value is -3.61. The van der Waals surface area contributed by atoms with Crippen LogP contribution in [0.3, 0.4) is 0 Å². The molecule has 3 aromatic rings. The molecule has 0 fully saturated rings. The number of benzene rings is 2. The second kappa shape index (κ2) is 8.39. The molecule has 144 valence electrons. The summed E-state index contributed by atoms with van der Waals surface area (Å²) in [6, 6.07) is 15.8. The number of carbonyl (C=O) groups excluding carboxylic acids is 1. The van der Waals surface area contributed by atoms with Gasteiger partial charge in [-0.1, -0.05) is 42.5 Å². The lowest BCUT2D eigenvalue weighted by atomic mass is 9.87. The molecular formula is C21H20N2O5. The van der Waals surface area contributed by atoms with Crippen molar-refractivity contribution < 1.29 is 19.4 Å². The van der Waals surface area contributed by atoms with Crippen molar-refractivity contribution in [1.82, 2.24) is 10.2 Å². The van der Waals surface area contributed by atoms with E-state index in [0.717, 1.165) is 5.56 Å². The van der Waals surface area contributed by atoms with E-state index in [1.54, 1.807) is 12.1 Å². The molecule has 1 heterocycles. The molecule has 2 aromatic carbocycles. The molecule has 3 rings (SSSR count). The predicted molar refractivity (Wildman–Crippen MR) is 103 cm³/mol. The second-order valence-electron chi connectivity index (χ2n) is 6.39. The SMILES string of the molecule is COC(=O)C[C@H](c1ccc(C(=O)O)cc1)c1c(Cc2ccccc2)[nH][nH]c1=O. The van der Waals surface area contributed by atoms with Gasteiger partial charge in [0.1, 0.15) is 0 Å². The summed E-state index contributed by atoms with van der Waals surface area (Å²) >= 11 is 0. The van der Waals surface area contributed by atoms with Gasteiger partial charge in [-0.15, -0.1) is 0 Å². The zero-order valence-electron chi connectivity index (χ0n) is 15.3. The number of carboxylic acids is 1. The highest BCUT2D eigenvalue weighted by Gasteiger charge is 2.26. The Kier molecular flexibility index (Phi) is 5.74. The van der Waals surface area contributed by atoms with Gasteiger partial charge in [0.2, 0.25) is 0 Å². The van der Waals surface area contributed by atoms with Crippen LogP contribution in [0.25, 0.3) is 0 Å². The van der Waals surface area contributed by atoms with Crippen LogP contribution < -0.4 is 5.56 Å². The highest BCUT2D eigenvalue weighted by molar-refractivity contribution is 5.87. The molecule has 28 heavy (non-hydrogen) atoms. The first-order valence-corrected chi connectivity index (χ1v) is 8.73. The minimum Gasteiger partial charge on any atom is -0.478 e. The third-order valence-corrected chi connectivity index (χ3v) is 4.63. The second-order valence-corrected chi connectivity index (χ2v) is 6.39.